The Morgan fingerprint density at radius 1 is 1.09 bits per heavy atom. The highest BCUT2D eigenvalue weighted by atomic mass is 16.7. The van der Waals surface area contributed by atoms with Crippen LogP contribution in [0.25, 0.3) is 15.7 Å². The number of aryl methyl sites for hydroxylation is 1. The van der Waals surface area contributed by atoms with Crippen LogP contribution in [-0.2, 0) is 20.7 Å². The first-order valence-electron chi connectivity index (χ1n) is 11.7. The van der Waals surface area contributed by atoms with Crippen molar-refractivity contribution in [2.24, 2.45) is 0 Å². The number of nitrogens with zero attached hydrogens (tertiary/aromatic N) is 2. The zero-order chi connectivity index (χ0) is 23.4. The lowest BCUT2D eigenvalue weighted by Gasteiger charge is -2.36. The third-order valence-electron chi connectivity index (χ3n) is 7.60. The maximum Gasteiger partial charge on any atom is 0.496 e. The lowest BCUT2D eigenvalue weighted by atomic mass is 9.79. The Kier molecular flexibility index (Phi) is 5.40. The summed E-state index contributed by atoms with van der Waals surface area (Å²) in [5.74, 6) is 0. The molecule has 3 aromatic rings. The molecule has 2 aromatic carbocycles. The number of benzene rings is 2. The van der Waals surface area contributed by atoms with E-state index in [2.05, 4.69) is 61.5 Å². The van der Waals surface area contributed by atoms with Crippen LogP contribution in [0, 0.1) is 13.5 Å². The van der Waals surface area contributed by atoms with Gasteiger partial charge in [0.1, 0.15) is 0 Å². The van der Waals surface area contributed by atoms with Crippen molar-refractivity contribution < 1.29 is 14.0 Å². The van der Waals surface area contributed by atoms with E-state index in [-0.39, 0.29) is 6.10 Å². The van der Waals surface area contributed by atoms with Gasteiger partial charge < -0.3 is 18.6 Å². The van der Waals surface area contributed by atoms with Gasteiger partial charge in [0.25, 0.3) is 0 Å². The summed E-state index contributed by atoms with van der Waals surface area (Å²) in [5, 5.41) is 1.04. The van der Waals surface area contributed by atoms with E-state index in [9.17, 15) is 0 Å². The van der Waals surface area contributed by atoms with Crippen molar-refractivity contribution in [2.45, 2.75) is 77.4 Å². The molecule has 1 saturated carbocycles. The van der Waals surface area contributed by atoms with Gasteiger partial charge in [-0.15, -0.1) is 0 Å². The molecule has 0 unspecified atom stereocenters. The van der Waals surface area contributed by atoms with E-state index in [1.807, 2.05) is 31.2 Å². The Labute approximate surface area is 196 Å². The van der Waals surface area contributed by atoms with Crippen molar-refractivity contribution in [3.63, 3.8) is 0 Å². The summed E-state index contributed by atoms with van der Waals surface area (Å²) in [5.41, 5.74) is 4.19. The van der Waals surface area contributed by atoms with E-state index < -0.39 is 18.3 Å². The summed E-state index contributed by atoms with van der Waals surface area (Å²) in [4.78, 5) is 3.74. The molecule has 33 heavy (non-hydrogen) atoms. The lowest BCUT2D eigenvalue weighted by molar-refractivity contribution is -0.0346. The molecule has 0 N–H and O–H groups in total. The molecule has 2 aliphatic rings. The van der Waals surface area contributed by atoms with E-state index in [1.165, 1.54) is 5.56 Å². The van der Waals surface area contributed by atoms with E-state index in [1.54, 1.807) is 0 Å². The zero-order valence-corrected chi connectivity index (χ0v) is 20.1. The van der Waals surface area contributed by atoms with Gasteiger partial charge >= 0.3 is 7.12 Å². The van der Waals surface area contributed by atoms with Gasteiger partial charge in [0, 0.05) is 23.2 Å². The van der Waals surface area contributed by atoms with Gasteiger partial charge in [-0.2, -0.15) is 0 Å². The average Bonchev–Trinajstić information content (AvgIpc) is 3.20. The van der Waals surface area contributed by atoms with Crippen LogP contribution < -0.4 is 5.46 Å². The summed E-state index contributed by atoms with van der Waals surface area (Å²) in [6, 6.07) is 14.8. The molecule has 0 amide bonds. The maximum absolute atomic E-state index is 7.59. The topological polar surface area (TPSA) is 37.0 Å². The van der Waals surface area contributed by atoms with E-state index in [0.29, 0.717) is 18.3 Å². The summed E-state index contributed by atoms with van der Waals surface area (Å²) < 4.78 is 21.2. The maximum atomic E-state index is 7.59. The summed E-state index contributed by atoms with van der Waals surface area (Å²) in [7, 11) is -0.453. The predicted molar refractivity (Wildman–Crippen MR) is 132 cm³/mol. The van der Waals surface area contributed by atoms with Crippen molar-refractivity contribution >= 4 is 29.2 Å². The third-order valence-corrected chi connectivity index (χ3v) is 7.60. The van der Waals surface area contributed by atoms with Crippen LogP contribution in [0.1, 0.15) is 57.7 Å². The minimum absolute atomic E-state index is 0.261. The van der Waals surface area contributed by atoms with Crippen molar-refractivity contribution in [1.29, 1.82) is 0 Å². The van der Waals surface area contributed by atoms with E-state index in [4.69, 9.17) is 20.6 Å². The van der Waals surface area contributed by atoms with E-state index in [0.717, 1.165) is 34.8 Å². The lowest BCUT2D eigenvalue weighted by Crippen LogP contribution is -2.41. The molecular formula is C27H31BN2O3. The van der Waals surface area contributed by atoms with Crippen LogP contribution in [-0.4, -0.2) is 29.0 Å². The fourth-order valence-electron chi connectivity index (χ4n) is 4.68. The molecule has 0 atom stereocenters. The first kappa shape index (κ1) is 22.2. The van der Waals surface area contributed by atoms with Gasteiger partial charge in [0.2, 0.25) is 0 Å². The number of hydrogen-bond acceptors (Lipinski definition) is 3. The van der Waals surface area contributed by atoms with Crippen molar-refractivity contribution in [2.75, 3.05) is 0 Å². The minimum atomic E-state index is -0.453. The third kappa shape index (κ3) is 3.89. The molecule has 0 spiro atoms. The second-order valence-electron chi connectivity index (χ2n) is 10.4. The van der Waals surface area contributed by atoms with Crippen molar-refractivity contribution in [1.82, 2.24) is 4.57 Å². The Balaban J connectivity index is 1.42. The molecule has 1 saturated heterocycles. The standard InChI is InChI=1S/C27H31BN2O3/c1-18-12-25-22(15-24(18)29-6)23(28-32-26(2,3)27(4,5)33-28)16-30(25)20-13-21(14-20)31-17-19-10-8-7-9-11-19/h7-12,15-16,20-21H,13-14,17H2,1-5H3. The number of ether oxygens (including phenoxy) is 1. The fourth-order valence-corrected chi connectivity index (χ4v) is 4.68. The molecule has 5 nitrogen and oxygen atoms in total. The number of fused-ring (bicyclic) bond motifs is 1. The zero-order valence-electron chi connectivity index (χ0n) is 20.1. The Bertz CT molecular complexity index is 1200. The molecule has 5 rings (SSSR count). The normalized spacial score (nSPS) is 23.5. The quantitative estimate of drug-likeness (QED) is 0.375. The van der Waals surface area contributed by atoms with Crippen molar-refractivity contribution in [3.05, 3.63) is 71.2 Å². The second-order valence-corrected chi connectivity index (χ2v) is 10.4. The number of hydrogen-bond donors (Lipinski definition) is 0. The molecule has 0 bridgehead atoms. The first-order valence-corrected chi connectivity index (χ1v) is 11.7. The summed E-state index contributed by atoms with van der Waals surface area (Å²) in [6.45, 7) is 18.5. The highest BCUT2D eigenvalue weighted by Gasteiger charge is 2.52. The molecule has 1 aromatic heterocycles. The Hall–Kier alpha value is -2.59. The fraction of sp³-hybridized carbons (Fsp3) is 0.444. The SMILES string of the molecule is [C-]#[N+]c1cc2c(B3OC(C)(C)C(C)(C)O3)cn(C3CC(OCc4ccccc4)C3)c2cc1C. The van der Waals surface area contributed by atoms with Crippen LogP contribution in [0.4, 0.5) is 5.69 Å². The molecule has 0 radical (unpaired) electrons. The molecule has 6 heteroatoms. The van der Waals surface area contributed by atoms with Gasteiger partial charge in [-0.1, -0.05) is 30.3 Å². The van der Waals surface area contributed by atoms with Crippen LogP contribution >= 0.6 is 0 Å². The summed E-state index contributed by atoms with van der Waals surface area (Å²) >= 11 is 0. The predicted octanol–water partition coefficient (Wildman–Crippen LogP) is 5.72. The number of aromatic nitrogens is 1. The first-order chi connectivity index (χ1) is 15.7. The van der Waals surface area contributed by atoms with E-state index >= 15 is 0 Å². The molecule has 2 heterocycles. The van der Waals surface area contributed by atoms with Gasteiger partial charge in [-0.25, -0.2) is 4.85 Å². The number of rotatable bonds is 5. The highest BCUT2D eigenvalue weighted by molar-refractivity contribution is 6.65. The van der Waals surface area contributed by atoms with Crippen LogP contribution in [0.15, 0.2) is 48.7 Å². The highest BCUT2D eigenvalue weighted by Crippen LogP contribution is 2.41. The minimum Gasteiger partial charge on any atom is -0.399 e. The average molecular weight is 442 g/mol. The molecule has 1 aliphatic carbocycles. The van der Waals surface area contributed by atoms with Gasteiger partial charge in [0.05, 0.1) is 30.5 Å². The van der Waals surface area contributed by atoms with Crippen LogP contribution in [0.5, 0.6) is 0 Å². The molecule has 2 fully saturated rings. The molecular weight excluding hydrogens is 411 g/mol. The second kappa shape index (κ2) is 8.02. The monoisotopic (exact) mass is 442 g/mol. The smallest absolute Gasteiger partial charge is 0.399 e. The summed E-state index contributed by atoms with van der Waals surface area (Å²) in [6.07, 6.45) is 4.39. The van der Waals surface area contributed by atoms with Gasteiger partial charge in [-0.05, 0) is 76.1 Å². The largest absolute Gasteiger partial charge is 0.496 e. The Morgan fingerprint density at radius 2 is 1.76 bits per heavy atom. The van der Waals surface area contributed by atoms with Crippen molar-refractivity contribution in [3.8, 4) is 0 Å². The molecule has 1 aliphatic heterocycles. The Morgan fingerprint density at radius 3 is 2.39 bits per heavy atom. The van der Waals surface area contributed by atoms with Crippen LogP contribution in [0.2, 0.25) is 0 Å². The molecule has 170 valence electrons. The van der Waals surface area contributed by atoms with Crippen LogP contribution in [0.3, 0.4) is 0 Å². The van der Waals surface area contributed by atoms with Gasteiger partial charge in [0.15, 0.2) is 5.69 Å². The van der Waals surface area contributed by atoms with Gasteiger partial charge in [-0.3, -0.25) is 0 Å².